The average Bonchev–Trinajstić information content (AvgIpc) is 2.37. The molecule has 0 fully saturated rings. The van der Waals surface area contributed by atoms with Gasteiger partial charge in [-0.25, -0.2) is 8.78 Å². The highest BCUT2D eigenvalue weighted by Crippen LogP contribution is 2.21. The Morgan fingerprint density at radius 1 is 1.16 bits per heavy atom. The summed E-state index contributed by atoms with van der Waals surface area (Å²) in [5.74, 6) is -1.59. The Labute approximate surface area is 109 Å². The number of aliphatic hydroxyl groups excluding tert-OH is 1. The molecular weight excluding hydrogens is 252 g/mol. The minimum absolute atomic E-state index is 0.107. The third kappa shape index (κ3) is 3.42. The summed E-state index contributed by atoms with van der Waals surface area (Å²) in [5.41, 5.74) is 6.68. The molecule has 2 aromatic rings. The highest BCUT2D eigenvalue weighted by atomic mass is 19.1. The third-order valence-electron chi connectivity index (χ3n) is 2.59. The van der Waals surface area contributed by atoms with Crippen LogP contribution in [0.4, 0.5) is 14.5 Å². The van der Waals surface area contributed by atoms with Gasteiger partial charge in [0.2, 0.25) is 0 Å². The predicted molar refractivity (Wildman–Crippen MR) is 67.7 cm³/mol. The molecule has 2 rings (SSSR count). The summed E-state index contributed by atoms with van der Waals surface area (Å²) in [6.07, 6.45) is -0.937. The van der Waals surface area contributed by atoms with Crippen LogP contribution in [0.5, 0.6) is 5.75 Å². The van der Waals surface area contributed by atoms with Gasteiger partial charge in [0.25, 0.3) is 0 Å². The van der Waals surface area contributed by atoms with Gasteiger partial charge in [0.05, 0.1) is 0 Å². The molecule has 0 heterocycles. The molecule has 2 aromatic carbocycles. The summed E-state index contributed by atoms with van der Waals surface area (Å²) in [6, 6.07) is 9.67. The van der Waals surface area contributed by atoms with Crippen LogP contribution in [0.3, 0.4) is 0 Å². The van der Waals surface area contributed by atoms with E-state index in [-0.39, 0.29) is 12.4 Å². The van der Waals surface area contributed by atoms with Gasteiger partial charge in [-0.2, -0.15) is 0 Å². The van der Waals surface area contributed by atoms with Crippen molar-refractivity contribution in [3.8, 4) is 5.75 Å². The van der Waals surface area contributed by atoms with E-state index < -0.39 is 17.7 Å². The first-order valence-electron chi connectivity index (χ1n) is 5.67. The van der Waals surface area contributed by atoms with Crippen LogP contribution in [0.1, 0.15) is 11.7 Å². The van der Waals surface area contributed by atoms with Gasteiger partial charge in [0.1, 0.15) is 18.5 Å². The minimum Gasteiger partial charge on any atom is -0.487 e. The van der Waals surface area contributed by atoms with Gasteiger partial charge >= 0.3 is 0 Å². The SMILES string of the molecule is Nc1cccc(C(O)COc2ccc(F)cc2F)c1. The average molecular weight is 265 g/mol. The highest BCUT2D eigenvalue weighted by molar-refractivity contribution is 5.41. The number of nitrogens with two attached hydrogens (primary N) is 1. The van der Waals surface area contributed by atoms with Gasteiger partial charge in [0.15, 0.2) is 11.6 Å². The summed E-state index contributed by atoms with van der Waals surface area (Å²) >= 11 is 0. The smallest absolute Gasteiger partial charge is 0.167 e. The van der Waals surface area contributed by atoms with E-state index in [1.54, 1.807) is 24.3 Å². The molecule has 0 saturated heterocycles. The van der Waals surface area contributed by atoms with Crippen molar-refractivity contribution in [2.24, 2.45) is 0 Å². The third-order valence-corrected chi connectivity index (χ3v) is 2.59. The molecule has 0 radical (unpaired) electrons. The maximum Gasteiger partial charge on any atom is 0.167 e. The van der Waals surface area contributed by atoms with Gasteiger partial charge in [-0.3, -0.25) is 0 Å². The first kappa shape index (κ1) is 13.3. The van der Waals surface area contributed by atoms with Crippen molar-refractivity contribution in [3.63, 3.8) is 0 Å². The topological polar surface area (TPSA) is 55.5 Å². The Hall–Kier alpha value is -2.14. The Kier molecular flexibility index (Phi) is 3.97. The number of ether oxygens (including phenoxy) is 1. The molecule has 19 heavy (non-hydrogen) atoms. The second kappa shape index (κ2) is 5.67. The van der Waals surface area contributed by atoms with E-state index in [2.05, 4.69) is 0 Å². The lowest BCUT2D eigenvalue weighted by Gasteiger charge is -2.13. The summed E-state index contributed by atoms with van der Waals surface area (Å²) in [5, 5.41) is 9.87. The van der Waals surface area contributed by atoms with Crippen LogP contribution in [0.2, 0.25) is 0 Å². The van der Waals surface area contributed by atoms with Gasteiger partial charge in [-0.05, 0) is 29.8 Å². The lowest BCUT2D eigenvalue weighted by Crippen LogP contribution is -2.10. The zero-order valence-electron chi connectivity index (χ0n) is 10.0. The fraction of sp³-hybridized carbons (Fsp3) is 0.143. The maximum absolute atomic E-state index is 13.3. The quantitative estimate of drug-likeness (QED) is 0.836. The molecule has 0 aromatic heterocycles. The molecule has 0 aliphatic rings. The fourth-order valence-corrected chi connectivity index (χ4v) is 1.62. The van der Waals surface area contributed by atoms with Crippen molar-refractivity contribution in [3.05, 3.63) is 59.7 Å². The van der Waals surface area contributed by atoms with Crippen molar-refractivity contribution < 1.29 is 18.6 Å². The molecule has 5 heteroatoms. The van der Waals surface area contributed by atoms with Crippen LogP contribution in [0.25, 0.3) is 0 Å². The second-order valence-electron chi connectivity index (χ2n) is 4.07. The number of benzene rings is 2. The number of anilines is 1. The number of nitrogen functional groups attached to an aromatic ring is 1. The molecule has 0 bridgehead atoms. The fourth-order valence-electron chi connectivity index (χ4n) is 1.62. The van der Waals surface area contributed by atoms with E-state index in [9.17, 15) is 13.9 Å². The van der Waals surface area contributed by atoms with Crippen molar-refractivity contribution in [1.29, 1.82) is 0 Å². The van der Waals surface area contributed by atoms with E-state index in [1.165, 1.54) is 6.07 Å². The molecule has 3 nitrogen and oxygen atoms in total. The first-order chi connectivity index (χ1) is 9.06. The van der Waals surface area contributed by atoms with Crippen molar-refractivity contribution in [1.82, 2.24) is 0 Å². The molecule has 100 valence electrons. The van der Waals surface area contributed by atoms with Gasteiger partial charge in [0, 0.05) is 11.8 Å². The van der Waals surface area contributed by atoms with E-state index in [0.717, 1.165) is 12.1 Å². The van der Waals surface area contributed by atoms with E-state index in [1.807, 2.05) is 0 Å². The maximum atomic E-state index is 13.3. The summed E-state index contributed by atoms with van der Waals surface area (Å²) < 4.78 is 31.1. The van der Waals surface area contributed by atoms with Crippen LogP contribution in [0, 0.1) is 11.6 Å². The minimum atomic E-state index is -0.937. The summed E-state index contributed by atoms with van der Waals surface area (Å²) in [4.78, 5) is 0. The zero-order chi connectivity index (χ0) is 13.8. The molecule has 0 aliphatic carbocycles. The lowest BCUT2D eigenvalue weighted by atomic mass is 10.1. The number of aliphatic hydroxyl groups is 1. The van der Waals surface area contributed by atoms with Gasteiger partial charge in [-0.1, -0.05) is 12.1 Å². The van der Waals surface area contributed by atoms with E-state index in [4.69, 9.17) is 10.5 Å². The van der Waals surface area contributed by atoms with Crippen LogP contribution in [-0.4, -0.2) is 11.7 Å². The summed E-state index contributed by atoms with van der Waals surface area (Å²) in [7, 11) is 0. The number of halogens is 2. The van der Waals surface area contributed by atoms with Gasteiger partial charge in [-0.15, -0.1) is 0 Å². The first-order valence-corrected chi connectivity index (χ1v) is 5.67. The number of hydrogen-bond donors (Lipinski definition) is 2. The highest BCUT2D eigenvalue weighted by Gasteiger charge is 2.11. The van der Waals surface area contributed by atoms with Crippen LogP contribution < -0.4 is 10.5 Å². The normalized spacial score (nSPS) is 12.2. The van der Waals surface area contributed by atoms with Crippen LogP contribution in [-0.2, 0) is 0 Å². The summed E-state index contributed by atoms with van der Waals surface area (Å²) in [6.45, 7) is -0.147. The monoisotopic (exact) mass is 265 g/mol. The van der Waals surface area contributed by atoms with Crippen LogP contribution in [0.15, 0.2) is 42.5 Å². The van der Waals surface area contributed by atoms with Crippen molar-refractivity contribution in [2.75, 3.05) is 12.3 Å². The second-order valence-corrected chi connectivity index (χ2v) is 4.07. The predicted octanol–water partition coefficient (Wildman–Crippen LogP) is 2.66. The number of hydrogen-bond acceptors (Lipinski definition) is 3. The Morgan fingerprint density at radius 2 is 1.95 bits per heavy atom. The molecule has 1 unspecified atom stereocenters. The van der Waals surface area contributed by atoms with Crippen molar-refractivity contribution in [2.45, 2.75) is 6.10 Å². The Balaban J connectivity index is 2.02. The van der Waals surface area contributed by atoms with Crippen molar-refractivity contribution >= 4 is 5.69 Å². The molecule has 3 N–H and O–H groups in total. The largest absolute Gasteiger partial charge is 0.487 e. The Morgan fingerprint density at radius 3 is 2.63 bits per heavy atom. The van der Waals surface area contributed by atoms with Crippen LogP contribution >= 0.6 is 0 Å². The van der Waals surface area contributed by atoms with E-state index in [0.29, 0.717) is 11.3 Å². The number of rotatable bonds is 4. The molecule has 0 saturated carbocycles. The van der Waals surface area contributed by atoms with Gasteiger partial charge < -0.3 is 15.6 Å². The van der Waals surface area contributed by atoms with E-state index >= 15 is 0 Å². The standard InChI is InChI=1S/C14H13F2NO2/c15-10-4-5-14(12(16)7-10)19-8-13(18)9-2-1-3-11(17)6-9/h1-7,13,18H,8,17H2. The molecule has 1 atom stereocenters. The Bertz CT molecular complexity index is 575. The zero-order valence-corrected chi connectivity index (χ0v) is 10.0. The molecule has 0 spiro atoms. The molecule has 0 amide bonds. The molecular formula is C14H13F2NO2. The molecule has 0 aliphatic heterocycles. The lowest BCUT2D eigenvalue weighted by molar-refractivity contribution is 0.106.